The number of benzene rings is 3. The maximum Gasteiger partial charge on any atom is 0.253 e. The smallest absolute Gasteiger partial charge is 0.253 e. The Balaban J connectivity index is 1.54. The van der Waals surface area contributed by atoms with Crippen LogP contribution < -0.4 is 14.9 Å². The van der Waals surface area contributed by atoms with Crippen LogP contribution in [0.4, 0.5) is 11.4 Å². The van der Waals surface area contributed by atoms with E-state index in [9.17, 15) is 18.0 Å². The van der Waals surface area contributed by atoms with Crippen LogP contribution in [0.2, 0.25) is 0 Å². The van der Waals surface area contributed by atoms with E-state index in [1.54, 1.807) is 54.9 Å². The average Bonchev–Trinajstić information content (AvgIpc) is 2.86. The number of hydrogen-bond acceptors (Lipinski definition) is 5. The molecule has 1 heterocycles. The number of nitrogens with one attached hydrogen (secondary N) is 2. The molecule has 0 aliphatic rings. The third-order valence-corrected chi connectivity index (χ3v) is 6.47. The summed E-state index contributed by atoms with van der Waals surface area (Å²) in [5.74, 6) is -0.949. The molecule has 0 fully saturated rings. The second-order valence-corrected chi connectivity index (χ2v) is 9.81. The second-order valence-electron chi connectivity index (χ2n) is 7.91. The highest BCUT2D eigenvalue weighted by atomic mass is 32.2. The maximum absolute atomic E-state index is 13.0. The molecule has 3 aromatic carbocycles. The van der Waals surface area contributed by atoms with E-state index < -0.39 is 22.5 Å². The number of aromatic nitrogens is 1. The molecule has 178 valence electrons. The average molecular weight is 489 g/mol. The largest absolute Gasteiger partial charge is 0.348 e. The minimum absolute atomic E-state index is 0.265. The van der Waals surface area contributed by atoms with E-state index in [0.29, 0.717) is 11.1 Å². The molecule has 9 heteroatoms. The van der Waals surface area contributed by atoms with Gasteiger partial charge in [-0.3, -0.25) is 18.9 Å². The van der Waals surface area contributed by atoms with Crippen molar-refractivity contribution in [1.29, 1.82) is 0 Å². The number of carbonyl (C=O) groups is 2. The fraction of sp³-hybridized carbons (Fsp3) is 0.115. The van der Waals surface area contributed by atoms with Crippen LogP contribution in [-0.2, 0) is 21.4 Å². The molecule has 0 aliphatic heterocycles. The Morgan fingerprint density at radius 1 is 0.914 bits per heavy atom. The summed E-state index contributed by atoms with van der Waals surface area (Å²) in [6.45, 7) is -0.170. The maximum atomic E-state index is 13.0. The van der Waals surface area contributed by atoms with Crippen LogP contribution in [0.3, 0.4) is 0 Å². The molecule has 8 nitrogen and oxygen atoms in total. The highest BCUT2D eigenvalue weighted by Gasteiger charge is 2.23. The molecule has 2 amide bonds. The van der Waals surface area contributed by atoms with Crippen LogP contribution in [0.25, 0.3) is 10.8 Å². The normalized spacial score (nSPS) is 11.1. The zero-order valence-electron chi connectivity index (χ0n) is 19.0. The lowest BCUT2D eigenvalue weighted by molar-refractivity contribution is -0.114. The lowest BCUT2D eigenvalue weighted by Crippen LogP contribution is -2.38. The van der Waals surface area contributed by atoms with Gasteiger partial charge in [0.25, 0.3) is 5.91 Å². The van der Waals surface area contributed by atoms with Crippen molar-refractivity contribution in [1.82, 2.24) is 10.3 Å². The highest BCUT2D eigenvalue weighted by molar-refractivity contribution is 7.92. The summed E-state index contributed by atoms with van der Waals surface area (Å²) in [5.41, 5.74) is 1.79. The van der Waals surface area contributed by atoms with E-state index in [1.165, 1.54) is 0 Å². The first kappa shape index (κ1) is 23.9. The number of carbonyl (C=O) groups excluding carboxylic acids is 2. The molecule has 2 N–H and O–H groups in total. The van der Waals surface area contributed by atoms with Crippen molar-refractivity contribution in [3.05, 3.63) is 102 Å². The number of sulfonamides is 1. The van der Waals surface area contributed by atoms with Crippen molar-refractivity contribution < 1.29 is 18.0 Å². The van der Waals surface area contributed by atoms with Crippen molar-refractivity contribution in [3.8, 4) is 0 Å². The van der Waals surface area contributed by atoms with Gasteiger partial charge in [0.15, 0.2) is 0 Å². The topological polar surface area (TPSA) is 108 Å². The van der Waals surface area contributed by atoms with E-state index in [2.05, 4.69) is 15.6 Å². The summed E-state index contributed by atoms with van der Waals surface area (Å²) in [6.07, 6.45) is 4.36. The summed E-state index contributed by atoms with van der Waals surface area (Å²) in [4.78, 5) is 29.8. The molecule has 0 saturated heterocycles. The fourth-order valence-corrected chi connectivity index (χ4v) is 4.57. The Kier molecular flexibility index (Phi) is 7.07. The SMILES string of the molecule is CS(=O)(=O)N(CC(=O)Nc1ccccc1C(=O)NCc1cccnc1)c1cccc2ccccc12. The number of amides is 2. The van der Waals surface area contributed by atoms with Gasteiger partial charge in [-0.05, 0) is 35.2 Å². The number of fused-ring (bicyclic) bond motifs is 1. The van der Waals surface area contributed by atoms with Crippen molar-refractivity contribution in [3.63, 3.8) is 0 Å². The lowest BCUT2D eigenvalue weighted by atomic mass is 10.1. The minimum Gasteiger partial charge on any atom is -0.348 e. The zero-order chi connectivity index (χ0) is 24.8. The molecule has 0 atom stereocenters. The molecule has 35 heavy (non-hydrogen) atoms. The predicted octanol–water partition coefficient (Wildman–Crippen LogP) is 3.57. The van der Waals surface area contributed by atoms with Gasteiger partial charge in [-0.25, -0.2) is 8.42 Å². The first-order chi connectivity index (χ1) is 16.8. The molecule has 0 unspecified atom stereocenters. The van der Waals surface area contributed by atoms with Crippen molar-refractivity contribution in [2.75, 3.05) is 22.4 Å². The number of nitrogens with zero attached hydrogens (tertiary/aromatic N) is 2. The van der Waals surface area contributed by atoms with Crippen LogP contribution >= 0.6 is 0 Å². The Hall–Kier alpha value is -4.24. The molecular weight excluding hydrogens is 464 g/mol. The Morgan fingerprint density at radius 3 is 2.43 bits per heavy atom. The van der Waals surface area contributed by atoms with Crippen LogP contribution in [0.15, 0.2) is 91.3 Å². The number of hydrogen-bond donors (Lipinski definition) is 2. The van der Waals surface area contributed by atoms with E-state index >= 15 is 0 Å². The first-order valence-electron chi connectivity index (χ1n) is 10.8. The summed E-state index contributed by atoms with van der Waals surface area (Å²) < 4.78 is 26.3. The summed E-state index contributed by atoms with van der Waals surface area (Å²) in [6, 6.07) is 22.8. The molecule has 0 aliphatic carbocycles. The van der Waals surface area contributed by atoms with Gasteiger partial charge in [0.2, 0.25) is 15.9 Å². The van der Waals surface area contributed by atoms with Crippen molar-refractivity contribution in [2.24, 2.45) is 0 Å². The number of anilines is 2. The van der Waals surface area contributed by atoms with Gasteiger partial charge in [-0.1, -0.05) is 54.6 Å². The summed E-state index contributed by atoms with van der Waals surface area (Å²) >= 11 is 0. The van der Waals surface area contributed by atoms with Gasteiger partial charge < -0.3 is 10.6 Å². The van der Waals surface area contributed by atoms with E-state index in [1.807, 2.05) is 36.4 Å². The monoisotopic (exact) mass is 488 g/mol. The van der Waals surface area contributed by atoms with Crippen LogP contribution in [-0.4, -0.2) is 38.0 Å². The second kappa shape index (κ2) is 10.4. The van der Waals surface area contributed by atoms with Crippen LogP contribution in [0, 0.1) is 0 Å². The Bertz CT molecular complexity index is 1470. The molecule has 1 aromatic heterocycles. The van der Waals surface area contributed by atoms with Gasteiger partial charge in [0.05, 0.1) is 23.2 Å². The van der Waals surface area contributed by atoms with Crippen molar-refractivity contribution in [2.45, 2.75) is 6.54 Å². The summed E-state index contributed by atoms with van der Waals surface area (Å²) in [7, 11) is -3.78. The molecule has 0 spiro atoms. The molecule has 0 radical (unpaired) electrons. The molecule has 0 bridgehead atoms. The summed E-state index contributed by atoms with van der Waals surface area (Å²) in [5, 5.41) is 7.06. The molecule has 4 rings (SSSR count). The third-order valence-electron chi connectivity index (χ3n) is 5.34. The predicted molar refractivity (Wildman–Crippen MR) is 137 cm³/mol. The molecule has 0 saturated carbocycles. The standard InChI is InChI=1S/C26H24N4O4S/c1-35(33,34)30(24-14-6-10-20-9-2-3-11-21(20)24)18-25(31)29-23-13-5-4-12-22(23)26(32)28-17-19-8-7-15-27-16-19/h2-16H,17-18H2,1H3,(H,28,32)(H,29,31). The highest BCUT2D eigenvalue weighted by Crippen LogP contribution is 2.28. The van der Waals surface area contributed by atoms with Gasteiger partial charge in [-0.15, -0.1) is 0 Å². The zero-order valence-corrected chi connectivity index (χ0v) is 19.8. The van der Waals surface area contributed by atoms with Gasteiger partial charge >= 0.3 is 0 Å². The van der Waals surface area contributed by atoms with Crippen LogP contribution in [0.5, 0.6) is 0 Å². The number of rotatable bonds is 8. The van der Waals surface area contributed by atoms with Crippen LogP contribution in [0.1, 0.15) is 15.9 Å². The lowest BCUT2D eigenvalue weighted by Gasteiger charge is -2.23. The van der Waals surface area contributed by atoms with E-state index in [0.717, 1.165) is 21.5 Å². The van der Waals surface area contributed by atoms with Gasteiger partial charge in [0, 0.05) is 24.3 Å². The molecular formula is C26H24N4O4S. The fourth-order valence-electron chi connectivity index (χ4n) is 3.70. The van der Waals surface area contributed by atoms with Gasteiger partial charge in [-0.2, -0.15) is 0 Å². The third kappa shape index (κ3) is 5.82. The quantitative estimate of drug-likeness (QED) is 0.394. The minimum atomic E-state index is -3.78. The number of pyridine rings is 1. The number of para-hydroxylation sites is 1. The molecule has 4 aromatic rings. The Morgan fingerprint density at radius 2 is 1.66 bits per heavy atom. The first-order valence-corrected chi connectivity index (χ1v) is 12.7. The Labute approximate surface area is 203 Å². The van der Waals surface area contributed by atoms with Crippen molar-refractivity contribution >= 4 is 44.0 Å². The van der Waals surface area contributed by atoms with E-state index in [4.69, 9.17) is 0 Å². The van der Waals surface area contributed by atoms with Gasteiger partial charge in [0.1, 0.15) is 6.54 Å². The van der Waals surface area contributed by atoms with E-state index in [-0.39, 0.29) is 23.7 Å².